The number of aliphatic hydroxyl groups is 1. The van der Waals surface area contributed by atoms with Gasteiger partial charge < -0.3 is 10.8 Å². The Morgan fingerprint density at radius 2 is 1.61 bits per heavy atom. The fourth-order valence-corrected chi connectivity index (χ4v) is 2.81. The Hall–Kier alpha value is -2.17. The topological polar surface area (TPSA) is 66.6 Å². The highest BCUT2D eigenvalue weighted by atomic mass is 16.3. The molecule has 4 heteroatoms. The van der Waals surface area contributed by atoms with Crippen molar-refractivity contribution in [2.45, 2.75) is 26.0 Å². The molecule has 122 valence electrons. The smallest absolute Gasteiger partial charge is 0.258 e. The van der Waals surface area contributed by atoms with Crippen LogP contribution >= 0.6 is 0 Å². The molecule has 0 aliphatic carbocycles. The average Bonchev–Trinajstić information content (AvgIpc) is 2.59. The third kappa shape index (κ3) is 3.44. The lowest BCUT2D eigenvalue weighted by molar-refractivity contribution is -0.133. The van der Waals surface area contributed by atoms with E-state index >= 15 is 0 Å². The van der Waals surface area contributed by atoms with E-state index in [9.17, 15) is 9.90 Å². The molecule has 3 N–H and O–H groups in total. The molecule has 0 radical (unpaired) electrons. The molecule has 0 aliphatic rings. The Morgan fingerprint density at radius 3 is 2.17 bits per heavy atom. The molecule has 0 fully saturated rings. The van der Waals surface area contributed by atoms with Crippen molar-refractivity contribution in [1.29, 1.82) is 0 Å². The molecule has 0 heterocycles. The van der Waals surface area contributed by atoms with Crippen LogP contribution in [0.1, 0.15) is 30.5 Å². The maximum absolute atomic E-state index is 12.2. The van der Waals surface area contributed by atoms with Crippen LogP contribution in [-0.4, -0.2) is 29.0 Å². The first-order chi connectivity index (χ1) is 11.0. The number of carbonyl (C=O) groups is 1. The lowest BCUT2D eigenvalue weighted by Gasteiger charge is -2.29. The van der Waals surface area contributed by atoms with E-state index in [0.29, 0.717) is 17.7 Å². The van der Waals surface area contributed by atoms with E-state index in [1.807, 2.05) is 24.3 Å². The number of hydrogen-bond donors (Lipinski definition) is 2. The number of benzene rings is 2. The number of nitrogens with zero attached hydrogens (tertiary/aromatic N) is 1. The van der Waals surface area contributed by atoms with Crippen LogP contribution in [0.4, 0.5) is 0 Å². The SMILES string of the molecule is CCN(CC)Cc1ccccc1C(O)(C(N)=O)c1ccccc1. The first-order valence-electron chi connectivity index (χ1n) is 7.92. The Morgan fingerprint density at radius 1 is 1.04 bits per heavy atom. The number of primary amides is 1. The van der Waals surface area contributed by atoms with Gasteiger partial charge in [0, 0.05) is 12.1 Å². The van der Waals surface area contributed by atoms with Gasteiger partial charge in [0.2, 0.25) is 0 Å². The summed E-state index contributed by atoms with van der Waals surface area (Å²) in [6, 6.07) is 16.3. The van der Waals surface area contributed by atoms with Crippen molar-refractivity contribution in [2.75, 3.05) is 13.1 Å². The van der Waals surface area contributed by atoms with Gasteiger partial charge in [-0.25, -0.2) is 0 Å². The number of carbonyl (C=O) groups excluding carboxylic acids is 1. The molecule has 0 saturated heterocycles. The molecule has 1 atom stereocenters. The number of rotatable bonds is 7. The quantitative estimate of drug-likeness (QED) is 0.824. The summed E-state index contributed by atoms with van der Waals surface area (Å²) in [5.74, 6) is -0.768. The summed E-state index contributed by atoms with van der Waals surface area (Å²) in [5.41, 5.74) is 5.71. The molecular formula is C19H24N2O2. The Labute approximate surface area is 137 Å². The fraction of sp³-hybridized carbons (Fsp3) is 0.316. The molecule has 2 aromatic carbocycles. The second-order valence-electron chi connectivity index (χ2n) is 5.56. The summed E-state index contributed by atoms with van der Waals surface area (Å²) in [4.78, 5) is 14.4. The van der Waals surface area contributed by atoms with Crippen LogP contribution in [0.3, 0.4) is 0 Å². The summed E-state index contributed by atoms with van der Waals surface area (Å²) < 4.78 is 0. The molecule has 0 aliphatic heterocycles. The minimum atomic E-state index is -1.83. The van der Waals surface area contributed by atoms with Gasteiger partial charge in [0.1, 0.15) is 0 Å². The Kier molecular flexibility index (Phi) is 5.53. The van der Waals surface area contributed by atoms with E-state index in [0.717, 1.165) is 18.7 Å². The van der Waals surface area contributed by atoms with Crippen LogP contribution < -0.4 is 5.73 Å². The largest absolute Gasteiger partial charge is 0.372 e. The molecular weight excluding hydrogens is 288 g/mol. The normalized spacial score (nSPS) is 13.7. The molecule has 4 nitrogen and oxygen atoms in total. The molecule has 0 saturated carbocycles. The predicted molar refractivity (Wildman–Crippen MR) is 91.7 cm³/mol. The lowest BCUT2D eigenvalue weighted by atomic mass is 9.83. The third-order valence-corrected chi connectivity index (χ3v) is 4.24. The van der Waals surface area contributed by atoms with Gasteiger partial charge in [-0.3, -0.25) is 9.69 Å². The highest BCUT2D eigenvalue weighted by Crippen LogP contribution is 2.32. The van der Waals surface area contributed by atoms with Crippen LogP contribution in [0.2, 0.25) is 0 Å². The summed E-state index contributed by atoms with van der Waals surface area (Å²) in [6.07, 6.45) is 0. The van der Waals surface area contributed by atoms with Crippen LogP contribution in [0.25, 0.3) is 0 Å². The van der Waals surface area contributed by atoms with Gasteiger partial charge in [-0.1, -0.05) is 68.4 Å². The maximum Gasteiger partial charge on any atom is 0.258 e. The number of amides is 1. The van der Waals surface area contributed by atoms with Gasteiger partial charge >= 0.3 is 0 Å². The molecule has 0 bridgehead atoms. The van der Waals surface area contributed by atoms with E-state index in [-0.39, 0.29) is 0 Å². The van der Waals surface area contributed by atoms with Gasteiger partial charge in [-0.05, 0) is 24.2 Å². The van der Waals surface area contributed by atoms with Crippen LogP contribution in [-0.2, 0) is 16.9 Å². The first-order valence-corrected chi connectivity index (χ1v) is 7.92. The zero-order valence-corrected chi connectivity index (χ0v) is 13.7. The maximum atomic E-state index is 12.2. The van der Waals surface area contributed by atoms with Gasteiger partial charge in [0.15, 0.2) is 5.60 Å². The van der Waals surface area contributed by atoms with E-state index in [1.54, 1.807) is 30.3 Å². The first kappa shape index (κ1) is 17.2. The van der Waals surface area contributed by atoms with Crippen LogP contribution in [0.5, 0.6) is 0 Å². The van der Waals surface area contributed by atoms with E-state index in [4.69, 9.17) is 5.73 Å². The standard InChI is InChI=1S/C19H24N2O2/c1-3-21(4-2)14-15-10-8-9-13-17(15)19(23,18(20)22)16-11-6-5-7-12-16/h5-13,23H,3-4,14H2,1-2H3,(H2,20,22). The second-order valence-corrected chi connectivity index (χ2v) is 5.56. The molecule has 23 heavy (non-hydrogen) atoms. The van der Waals surface area contributed by atoms with Gasteiger partial charge in [0.25, 0.3) is 5.91 Å². The monoisotopic (exact) mass is 312 g/mol. The summed E-state index contributed by atoms with van der Waals surface area (Å²) in [7, 11) is 0. The number of nitrogens with two attached hydrogens (primary N) is 1. The van der Waals surface area contributed by atoms with Crippen LogP contribution in [0.15, 0.2) is 54.6 Å². The average molecular weight is 312 g/mol. The minimum absolute atomic E-state index is 0.486. The zero-order valence-electron chi connectivity index (χ0n) is 13.7. The molecule has 0 aromatic heterocycles. The molecule has 2 aromatic rings. The van der Waals surface area contributed by atoms with E-state index in [2.05, 4.69) is 18.7 Å². The van der Waals surface area contributed by atoms with Gasteiger partial charge in [-0.15, -0.1) is 0 Å². The van der Waals surface area contributed by atoms with Crippen molar-refractivity contribution < 1.29 is 9.90 Å². The van der Waals surface area contributed by atoms with E-state index < -0.39 is 11.5 Å². The molecule has 1 amide bonds. The van der Waals surface area contributed by atoms with Crippen molar-refractivity contribution >= 4 is 5.91 Å². The van der Waals surface area contributed by atoms with Crippen molar-refractivity contribution in [1.82, 2.24) is 4.90 Å². The van der Waals surface area contributed by atoms with Crippen LogP contribution in [0, 0.1) is 0 Å². The highest BCUT2D eigenvalue weighted by molar-refractivity contribution is 5.89. The van der Waals surface area contributed by atoms with Gasteiger partial charge in [0.05, 0.1) is 0 Å². The third-order valence-electron chi connectivity index (χ3n) is 4.24. The van der Waals surface area contributed by atoms with Crippen molar-refractivity contribution in [3.63, 3.8) is 0 Å². The molecule has 1 unspecified atom stereocenters. The molecule has 2 rings (SSSR count). The van der Waals surface area contributed by atoms with E-state index in [1.165, 1.54) is 0 Å². The predicted octanol–water partition coefficient (Wildman–Crippen LogP) is 2.25. The van der Waals surface area contributed by atoms with Crippen molar-refractivity contribution in [2.24, 2.45) is 5.73 Å². The second kappa shape index (κ2) is 7.40. The summed E-state index contributed by atoms with van der Waals surface area (Å²) in [6.45, 7) is 6.62. The van der Waals surface area contributed by atoms with Gasteiger partial charge in [-0.2, -0.15) is 0 Å². The summed E-state index contributed by atoms with van der Waals surface area (Å²) in [5, 5.41) is 11.2. The highest BCUT2D eigenvalue weighted by Gasteiger charge is 2.39. The van der Waals surface area contributed by atoms with Crippen molar-refractivity contribution in [3.8, 4) is 0 Å². The Balaban J connectivity index is 2.55. The zero-order chi connectivity index (χ0) is 16.9. The Bertz CT molecular complexity index is 653. The van der Waals surface area contributed by atoms with Crippen molar-refractivity contribution in [3.05, 3.63) is 71.3 Å². The summed E-state index contributed by atoms with van der Waals surface area (Å²) >= 11 is 0. The molecule has 0 spiro atoms. The minimum Gasteiger partial charge on any atom is -0.372 e. The number of hydrogen-bond acceptors (Lipinski definition) is 3. The fourth-order valence-electron chi connectivity index (χ4n) is 2.81. The lowest BCUT2D eigenvalue weighted by Crippen LogP contribution is -2.43.